The highest BCUT2D eigenvalue weighted by Gasteiger charge is 2.13. The van der Waals surface area contributed by atoms with Gasteiger partial charge in [-0.15, -0.1) is 0 Å². The summed E-state index contributed by atoms with van der Waals surface area (Å²) >= 11 is 1.20. The van der Waals surface area contributed by atoms with E-state index in [1.165, 1.54) is 11.8 Å². The molecular formula is C16H18O2S. The van der Waals surface area contributed by atoms with Crippen LogP contribution in [0.25, 0.3) is 0 Å². The lowest BCUT2D eigenvalue weighted by molar-refractivity contribution is 0.236. The van der Waals surface area contributed by atoms with Crippen molar-refractivity contribution in [1.82, 2.24) is 0 Å². The Bertz CT molecular complexity index is 427. The zero-order valence-corrected chi connectivity index (χ0v) is 11.5. The monoisotopic (exact) mass is 274 g/mol. The average Bonchev–Trinajstić information content (AvgIpc) is 2.40. The summed E-state index contributed by atoms with van der Waals surface area (Å²) in [6, 6.07) is 19.6. The van der Waals surface area contributed by atoms with Gasteiger partial charge in [0.1, 0.15) is 10.9 Å². The summed E-state index contributed by atoms with van der Waals surface area (Å²) < 4.78 is 0. The van der Waals surface area contributed by atoms with E-state index in [1.807, 2.05) is 60.7 Å². The third-order valence-corrected chi connectivity index (χ3v) is 3.78. The standard InChI is InChI=1S/C16H18O2S/c17-15(11-13-7-3-1-4-8-13)19-16(18)12-14-9-5-2-6-10-14/h1-10,15-18H,11-12H2. The average molecular weight is 274 g/mol. The molecule has 0 amide bonds. The van der Waals surface area contributed by atoms with Crippen molar-refractivity contribution in [3.8, 4) is 0 Å². The minimum atomic E-state index is -0.582. The van der Waals surface area contributed by atoms with Gasteiger partial charge in [-0.2, -0.15) is 0 Å². The van der Waals surface area contributed by atoms with Crippen LogP contribution in [0, 0.1) is 0 Å². The second-order valence-corrected chi connectivity index (χ2v) is 5.79. The summed E-state index contributed by atoms with van der Waals surface area (Å²) in [7, 11) is 0. The highest BCUT2D eigenvalue weighted by molar-refractivity contribution is 8.00. The van der Waals surface area contributed by atoms with Gasteiger partial charge < -0.3 is 10.2 Å². The van der Waals surface area contributed by atoms with Crippen molar-refractivity contribution in [3.05, 3.63) is 71.8 Å². The normalized spacial score (nSPS) is 14.0. The van der Waals surface area contributed by atoms with Crippen LogP contribution in [-0.2, 0) is 12.8 Å². The predicted molar refractivity (Wildman–Crippen MR) is 79.9 cm³/mol. The molecule has 0 aliphatic rings. The molecular weight excluding hydrogens is 256 g/mol. The van der Waals surface area contributed by atoms with Gasteiger partial charge in [-0.25, -0.2) is 0 Å². The van der Waals surface area contributed by atoms with Crippen molar-refractivity contribution in [3.63, 3.8) is 0 Å². The molecule has 0 radical (unpaired) electrons. The third-order valence-electron chi connectivity index (χ3n) is 2.82. The lowest BCUT2D eigenvalue weighted by atomic mass is 10.2. The van der Waals surface area contributed by atoms with Gasteiger partial charge in [0.15, 0.2) is 0 Å². The summed E-state index contributed by atoms with van der Waals surface area (Å²) in [4.78, 5) is 0. The van der Waals surface area contributed by atoms with Crippen LogP contribution in [0.1, 0.15) is 11.1 Å². The number of aliphatic hydroxyl groups is 2. The fraction of sp³-hybridized carbons (Fsp3) is 0.250. The van der Waals surface area contributed by atoms with Crippen molar-refractivity contribution in [1.29, 1.82) is 0 Å². The molecule has 0 saturated carbocycles. The van der Waals surface area contributed by atoms with Crippen LogP contribution in [0.5, 0.6) is 0 Å². The fourth-order valence-electron chi connectivity index (χ4n) is 1.91. The minimum Gasteiger partial charge on any atom is -0.382 e. The van der Waals surface area contributed by atoms with Gasteiger partial charge in [0.2, 0.25) is 0 Å². The van der Waals surface area contributed by atoms with E-state index < -0.39 is 10.9 Å². The molecule has 2 aromatic rings. The Balaban J connectivity index is 1.80. The summed E-state index contributed by atoms with van der Waals surface area (Å²) in [6.45, 7) is 0. The first-order chi connectivity index (χ1) is 9.24. The molecule has 2 aromatic carbocycles. The number of aliphatic hydroxyl groups excluding tert-OH is 2. The van der Waals surface area contributed by atoms with Gasteiger partial charge in [0, 0.05) is 12.8 Å². The fourth-order valence-corrected chi connectivity index (χ4v) is 2.85. The quantitative estimate of drug-likeness (QED) is 0.796. The van der Waals surface area contributed by atoms with Crippen LogP contribution in [0.2, 0.25) is 0 Å². The van der Waals surface area contributed by atoms with Crippen molar-refractivity contribution < 1.29 is 10.2 Å². The summed E-state index contributed by atoms with van der Waals surface area (Å²) in [5.74, 6) is 0. The molecule has 2 nitrogen and oxygen atoms in total. The van der Waals surface area contributed by atoms with Crippen LogP contribution in [0.3, 0.4) is 0 Å². The number of rotatable bonds is 6. The third kappa shape index (κ3) is 5.07. The first-order valence-corrected chi connectivity index (χ1v) is 7.28. The lowest BCUT2D eigenvalue weighted by Crippen LogP contribution is -2.14. The maximum Gasteiger partial charge on any atom is 0.106 e. The van der Waals surface area contributed by atoms with E-state index >= 15 is 0 Å². The smallest absolute Gasteiger partial charge is 0.106 e. The van der Waals surface area contributed by atoms with E-state index in [1.54, 1.807) is 0 Å². The Hall–Kier alpha value is -1.29. The Morgan fingerprint density at radius 2 is 1.05 bits per heavy atom. The number of benzene rings is 2. The van der Waals surface area contributed by atoms with Gasteiger partial charge in [-0.05, 0) is 11.1 Å². The number of hydrogen-bond acceptors (Lipinski definition) is 3. The van der Waals surface area contributed by atoms with Crippen LogP contribution >= 0.6 is 11.8 Å². The van der Waals surface area contributed by atoms with Gasteiger partial charge in [0.25, 0.3) is 0 Å². The van der Waals surface area contributed by atoms with E-state index in [0.29, 0.717) is 12.8 Å². The Morgan fingerprint density at radius 1 is 0.684 bits per heavy atom. The van der Waals surface area contributed by atoms with Crippen molar-refractivity contribution >= 4 is 11.8 Å². The van der Waals surface area contributed by atoms with E-state index in [0.717, 1.165) is 11.1 Å². The van der Waals surface area contributed by atoms with Crippen molar-refractivity contribution in [2.45, 2.75) is 23.7 Å². The Morgan fingerprint density at radius 3 is 1.42 bits per heavy atom. The Labute approximate surface area is 118 Å². The molecule has 100 valence electrons. The summed E-state index contributed by atoms with van der Waals surface area (Å²) in [5, 5.41) is 19.9. The molecule has 0 fully saturated rings. The second-order valence-electron chi connectivity index (χ2n) is 4.42. The second kappa shape index (κ2) is 7.34. The number of hydrogen-bond donors (Lipinski definition) is 2. The van der Waals surface area contributed by atoms with Crippen LogP contribution in [-0.4, -0.2) is 21.1 Å². The van der Waals surface area contributed by atoms with Gasteiger partial charge in [-0.3, -0.25) is 0 Å². The molecule has 19 heavy (non-hydrogen) atoms. The van der Waals surface area contributed by atoms with Crippen LogP contribution < -0.4 is 0 Å². The van der Waals surface area contributed by atoms with Gasteiger partial charge >= 0.3 is 0 Å². The Kier molecular flexibility index (Phi) is 5.45. The highest BCUT2D eigenvalue weighted by Crippen LogP contribution is 2.21. The topological polar surface area (TPSA) is 40.5 Å². The van der Waals surface area contributed by atoms with Crippen LogP contribution in [0.15, 0.2) is 60.7 Å². The molecule has 0 aliphatic heterocycles. The van der Waals surface area contributed by atoms with Gasteiger partial charge in [-0.1, -0.05) is 72.4 Å². The maximum atomic E-state index is 9.95. The van der Waals surface area contributed by atoms with Crippen LogP contribution in [0.4, 0.5) is 0 Å². The first-order valence-electron chi connectivity index (χ1n) is 6.33. The molecule has 0 heterocycles. The molecule has 3 heteroatoms. The zero-order chi connectivity index (χ0) is 13.5. The molecule has 2 N–H and O–H groups in total. The minimum absolute atomic E-state index is 0.553. The maximum absolute atomic E-state index is 9.95. The highest BCUT2D eigenvalue weighted by atomic mass is 32.2. The zero-order valence-electron chi connectivity index (χ0n) is 10.6. The van der Waals surface area contributed by atoms with Gasteiger partial charge in [0.05, 0.1) is 0 Å². The van der Waals surface area contributed by atoms with E-state index in [9.17, 15) is 10.2 Å². The van der Waals surface area contributed by atoms with Crippen molar-refractivity contribution in [2.24, 2.45) is 0 Å². The lowest BCUT2D eigenvalue weighted by Gasteiger charge is -2.15. The molecule has 0 bridgehead atoms. The molecule has 0 aromatic heterocycles. The summed E-state index contributed by atoms with van der Waals surface area (Å²) in [5.41, 5.74) is 0.992. The molecule has 0 aliphatic carbocycles. The number of thioether (sulfide) groups is 1. The predicted octanol–water partition coefficient (Wildman–Crippen LogP) is 2.84. The molecule has 0 saturated heterocycles. The molecule has 2 rings (SSSR count). The summed E-state index contributed by atoms with van der Waals surface area (Å²) in [6.07, 6.45) is 1.11. The van der Waals surface area contributed by atoms with E-state index in [-0.39, 0.29) is 0 Å². The molecule has 2 atom stereocenters. The molecule has 2 unspecified atom stereocenters. The SMILES string of the molecule is OC(Cc1ccccc1)SC(O)Cc1ccccc1. The van der Waals surface area contributed by atoms with E-state index in [4.69, 9.17) is 0 Å². The van der Waals surface area contributed by atoms with E-state index in [2.05, 4.69) is 0 Å². The molecule has 0 spiro atoms. The van der Waals surface area contributed by atoms with Crippen molar-refractivity contribution in [2.75, 3.05) is 0 Å². The first kappa shape index (κ1) is 14.1. The largest absolute Gasteiger partial charge is 0.382 e.